The third-order valence-corrected chi connectivity index (χ3v) is 4.84. The fourth-order valence-corrected chi connectivity index (χ4v) is 3.29. The number of benzene rings is 2. The van der Waals surface area contributed by atoms with Crippen LogP contribution in [0.3, 0.4) is 0 Å². The minimum absolute atomic E-state index is 0.0875. The Bertz CT molecular complexity index is 1020. The molecular formula is C21H21FN4O3. The fraction of sp³-hybridized carbons (Fsp3) is 0.286. The van der Waals surface area contributed by atoms with Gasteiger partial charge in [-0.15, -0.1) is 0 Å². The number of nitrogens with one attached hydrogen (secondary N) is 2. The molecule has 1 aliphatic heterocycles. The van der Waals surface area contributed by atoms with Gasteiger partial charge in [-0.25, -0.2) is 14.4 Å². The average Bonchev–Trinajstić information content (AvgIpc) is 2.75. The lowest BCUT2D eigenvalue weighted by molar-refractivity contribution is 0.102. The first-order chi connectivity index (χ1) is 14.1. The summed E-state index contributed by atoms with van der Waals surface area (Å²) in [4.78, 5) is 21.0. The number of methoxy groups -OCH3 is 1. The summed E-state index contributed by atoms with van der Waals surface area (Å²) in [5.41, 5.74) is 0.946. The van der Waals surface area contributed by atoms with Crippen LogP contribution in [0, 0.1) is 5.82 Å². The Balaban J connectivity index is 1.66. The van der Waals surface area contributed by atoms with E-state index >= 15 is 0 Å². The first-order valence-corrected chi connectivity index (χ1v) is 9.41. The number of rotatable bonds is 5. The normalized spacial score (nSPS) is 14.6. The molecule has 2 aromatic carbocycles. The summed E-state index contributed by atoms with van der Waals surface area (Å²) in [6.45, 7) is 1.81. The second-order valence-corrected chi connectivity index (χ2v) is 6.77. The maximum absolute atomic E-state index is 13.1. The Hall–Kier alpha value is -3.26. The molecule has 1 saturated heterocycles. The van der Waals surface area contributed by atoms with E-state index in [0.717, 1.165) is 25.9 Å². The van der Waals surface area contributed by atoms with Crippen LogP contribution in [0.4, 0.5) is 10.2 Å². The lowest BCUT2D eigenvalue weighted by Crippen LogP contribution is -2.34. The maximum Gasteiger partial charge on any atom is 0.256 e. The zero-order valence-electron chi connectivity index (χ0n) is 15.9. The molecule has 4 rings (SSSR count). The van der Waals surface area contributed by atoms with Crippen molar-refractivity contribution in [3.05, 3.63) is 54.1 Å². The molecule has 0 saturated carbocycles. The van der Waals surface area contributed by atoms with E-state index in [1.165, 1.54) is 30.6 Å². The van der Waals surface area contributed by atoms with Crippen LogP contribution in [0.25, 0.3) is 10.9 Å². The minimum Gasteiger partial charge on any atom is -0.493 e. The monoisotopic (exact) mass is 396 g/mol. The summed E-state index contributed by atoms with van der Waals surface area (Å²) in [7, 11) is 1.58. The van der Waals surface area contributed by atoms with Crippen LogP contribution in [0.5, 0.6) is 11.5 Å². The standard InChI is InChI=1S/C21H21FN4O3/c1-28-18-11-17-16(10-19(18)29-15-6-8-23-9-7-15)20(25-12-24-17)26-21(27)13-2-4-14(22)5-3-13/h2-5,10-12,15,23H,6-9H2,1H3,(H,24,25,26,27). The lowest BCUT2D eigenvalue weighted by atomic mass is 10.1. The number of halogens is 1. The van der Waals surface area contributed by atoms with Gasteiger partial charge in [0.2, 0.25) is 0 Å². The Morgan fingerprint density at radius 3 is 2.62 bits per heavy atom. The molecule has 1 fully saturated rings. The van der Waals surface area contributed by atoms with Gasteiger partial charge >= 0.3 is 0 Å². The molecule has 1 aliphatic rings. The van der Waals surface area contributed by atoms with Crippen molar-refractivity contribution in [3.8, 4) is 11.5 Å². The van der Waals surface area contributed by atoms with Crippen LogP contribution in [-0.2, 0) is 0 Å². The predicted molar refractivity (Wildman–Crippen MR) is 107 cm³/mol. The third-order valence-electron chi connectivity index (χ3n) is 4.84. The highest BCUT2D eigenvalue weighted by molar-refractivity contribution is 6.07. The van der Waals surface area contributed by atoms with Gasteiger partial charge in [0.25, 0.3) is 5.91 Å². The topological polar surface area (TPSA) is 85.4 Å². The van der Waals surface area contributed by atoms with Gasteiger partial charge < -0.3 is 20.1 Å². The third kappa shape index (κ3) is 4.27. The molecule has 29 heavy (non-hydrogen) atoms. The average molecular weight is 396 g/mol. The second-order valence-electron chi connectivity index (χ2n) is 6.77. The van der Waals surface area contributed by atoms with Crippen molar-refractivity contribution in [2.24, 2.45) is 0 Å². The number of hydrogen-bond acceptors (Lipinski definition) is 6. The van der Waals surface area contributed by atoms with Gasteiger partial charge in [-0.1, -0.05) is 0 Å². The maximum atomic E-state index is 13.1. The molecule has 0 radical (unpaired) electrons. The molecule has 2 N–H and O–H groups in total. The van der Waals surface area contributed by atoms with Crippen molar-refractivity contribution in [1.82, 2.24) is 15.3 Å². The highest BCUT2D eigenvalue weighted by atomic mass is 19.1. The molecule has 2 heterocycles. The van der Waals surface area contributed by atoms with Crippen molar-refractivity contribution in [1.29, 1.82) is 0 Å². The van der Waals surface area contributed by atoms with Gasteiger partial charge in [0.05, 0.1) is 12.6 Å². The van der Waals surface area contributed by atoms with E-state index in [1.54, 1.807) is 19.2 Å². The first-order valence-electron chi connectivity index (χ1n) is 9.41. The molecule has 0 aliphatic carbocycles. The number of nitrogens with zero attached hydrogens (tertiary/aromatic N) is 2. The van der Waals surface area contributed by atoms with Crippen molar-refractivity contribution in [2.45, 2.75) is 18.9 Å². The van der Waals surface area contributed by atoms with E-state index in [4.69, 9.17) is 9.47 Å². The summed E-state index contributed by atoms with van der Waals surface area (Å²) in [5.74, 6) is 0.717. The number of anilines is 1. The number of ether oxygens (including phenoxy) is 2. The van der Waals surface area contributed by atoms with Crippen LogP contribution in [0.1, 0.15) is 23.2 Å². The number of carbonyl (C=O) groups excluding carboxylic acids is 1. The van der Waals surface area contributed by atoms with Gasteiger partial charge in [0, 0.05) is 17.0 Å². The second kappa shape index (κ2) is 8.40. The van der Waals surface area contributed by atoms with E-state index in [-0.39, 0.29) is 12.0 Å². The molecule has 1 aromatic heterocycles. The van der Waals surface area contributed by atoms with Crippen molar-refractivity contribution in [3.63, 3.8) is 0 Å². The number of carbonyl (C=O) groups is 1. The van der Waals surface area contributed by atoms with Crippen LogP contribution in [0.2, 0.25) is 0 Å². The Morgan fingerprint density at radius 1 is 1.14 bits per heavy atom. The van der Waals surface area contributed by atoms with Gasteiger partial charge in [-0.3, -0.25) is 4.79 Å². The number of piperidine rings is 1. The molecule has 0 spiro atoms. The van der Waals surface area contributed by atoms with E-state index < -0.39 is 5.82 Å². The van der Waals surface area contributed by atoms with E-state index in [2.05, 4.69) is 20.6 Å². The number of hydrogen-bond donors (Lipinski definition) is 2. The molecule has 1 amide bonds. The summed E-state index contributed by atoms with van der Waals surface area (Å²) < 4.78 is 24.8. The fourth-order valence-electron chi connectivity index (χ4n) is 3.29. The molecule has 7 nitrogen and oxygen atoms in total. The zero-order valence-corrected chi connectivity index (χ0v) is 15.9. The predicted octanol–water partition coefficient (Wildman–Crippen LogP) is 3.16. The SMILES string of the molecule is COc1cc2ncnc(NC(=O)c3ccc(F)cc3)c2cc1OC1CCNCC1. The van der Waals surface area contributed by atoms with Crippen molar-refractivity contribution < 1.29 is 18.7 Å². The van der Waals surface area contributed by atoms with Crippen LogP contribution in [-0.4, -0.2) is 42.2 Å². The molecular weight excluding hydrogens is 375 g/mol. The quantitative estimate of drug-likeness (QED) is 0.689. The summed E-state index contributed by atoms with van der Waals surface area (Å²) in [6, 6.07) is 8.87. The largest absolute Gasteiger partial charge is 0.493 e. The van der Waals surface area contributed by atoms with E-state index in [1.807, 2.05) is 0 Å². The minimum atomic E-state index is -0.402. The highest BCUT2D eigenvalue weighted by Crippen LogP contribution is 2.35. The van der Waals surface area contributed by atoms with Crippen LogP contribution < -0.4 is 20.1 Å². The van der Waals surface area contributed by atoms with Crippen LogP contribution >= 0.6 is 0 Å². The molecule has 0 bridgehead atoms. The summed E-state index contributed by atoms with van der Waals surface area (Å²) >= 11 is 0. The van der Waals surface area contributed by atoms with Gasteiger partial charge in [0.15, 0.2) is 11.5 Å². The Morgan fingerprint density at radius 2 is 1.90 bits per heavy atom. The Labute approximate surface area is 167 Å². The molecule has 0 unspecified atom stereocenters. The van der Waals surface area contributed by atoms with Gasteiger partial charge in [-0.2, -0.15) is 0 Å². The number of fused-ring (bicyclic) bond motifs is 1. The molecule has 3 aromatic rings. The summed E-state index contributed by atoms with van der Waals surface area (Å²) in [5, 5.41) is 6.71. The number of aromatic nitrogens is 2. The zero-order chi connectivity index (χ0) is 20.2. The smallest absolute Gasteiger partial charge is 0.256 e. The van der Waals surface area contributed by atoms with E-state index in [0.29, 0.717) is 33.8 Å². The lowest BCUT2D eigenvalue weighted by Gasteiger charge is -2.25. The van der Waals surface area contributed by atoms with Gasteiger partial charge in [0.1, 0.15) is 24.1 Å². The molecule has 150 valence electrons. The van der Waals surface area contributed by atoms with Crippen LogP contribution in [0.15, 0.2) is 42.7 Å². The molecule has 8 heteroatoms. The summed E-state index contributed by atoms with van der Waals surface area (Å²) in [6.07, 6.45) is 3.26. The van der Waals surface area contributed by atoms with Crippen molar-refractivity contribution >= 4 is 22.6 Å². The number of amides is 1. The van der Waals surface area contributed by atoms with Gasteiger partial charge in [-0.05, 0) is 56.3 Å². The molecule has 0 atom stereocenters. The Kier molecular flexibility index (Phi) is 5.53. The highest BCUT2D eigenvalue weighted by Gasteiger charge is 2.19. The first kappa shape index (κ1) is 19.1. The van der Waals surface area contributed by atoms with Crippen molar-refractivity contribution in [2.75, 3.05) is 25.5 Å². The van der Waals surface area contributed by atoms with E-state index in [9.17, 15) is 9.18 Å².